The predicted octanol–water partition coefficient (Wildman–Crippen LogP) is 0.422. The third kappa shape index (κ3) is 6.77. The zero-order valence-electron chi connectivity index (χ0n) is 12.1. The van der Waals surface area contributed by atoms with Crippen molar-refractivity contribution in [3.8, 4) is 0 Å². The molecule has 0 aromatic carbocycles. The molecule has 1 saturated carbocycles. The van der Waals surface area contributed by atoms with Crippen molar-refractivity contribution in [3.05, 3.63) is 0 Å². The van der Waals surface area contributed by atoms with Crippen LogP contribution in [0.1, 0.15) is 39.5 Å². The van der Waals surface area contributed by atoms with Gasteiger partial charge in [0.05, 0.1) is 5.75 Å². The highest BCUT2D eigenvalue weighted by Gasteiger charge is 2.16. The van der Waals surface area contributed by atoms with Gasteiger partial charge in [-0.05, 0) is 26.7 Å². The van der Waals surface area contributed by atoms with Crippen LogP contribution < -0.4 is 15.4 Å². The summed E-state index contributed by atoms with van der Waals surface area (Å²) in [6.45, 7) is 3.98. The van der Waals surface area contributed by atoms with E-state index in [1.165, 1.54) is 12.8 Å². The van der Waals surface area contributed by atoms with Gasteiger partial charge in [-0.25, -0.2) is 13.1 Å². The largest absolute Gasteiger partial charge is 0.355 e. The zero-order chi connectivity index (χ0) is 14.3. The lowest BCUT2D eigenvalue weighted by Crippen LogP contribution is -2.45. The fourth-order valence-electron chi connectivity index (χ4n) is 2.18. The van der Waals surface area contributed by atoms with Crippen LogP contribution >= 0.6 is 0 Å². The third-order valence-electron chi connectivity index (χ3n) is 3.00. The molecule has 0 amide bonds. The lowest BCUT2D eigenvalue weighted by molar-refractivity contribution is 0.568. The SMILES string of the molecule is CN=C(NCCS(=O)(=O)NC(C)C)NC1CCCC1. The molecule has 0 aromatic rings. The predicted molar refractivity (Wildman–Crippen MR) is 78.8 cm³/mol. The second-order valence-electron chi connectivity index (χ2n) is 5.22. The zero-order valence-corrected chi connectivity index (χ0v) is 12.9. The Balaban J connectivity index is 2.29. The van der Waals surface area contributed by atoms with Crippen LogP contribution in [0.2, 0.25) is 0 Å². The molecule has 0 spiro atoms. The summed E-state index contributed by atoms with van der Waals surface area (Å²) in [6, 6.07) is 0.400. The van der Waals surface area contributed by atoms with E-state index in [1.54, 1.807) is 7.05 Å². The van der Waals surface area contributed by atoms with Crippen molar-refractivity contribution in [2.24, 2.45) is 4.99 Å². The van der Waals surface area contributed by atoms with E-state index in [1.807, 2.05) is 13.8 Å². The van der Waals surface area contributed by atoms with Gasteiger partial charge in [-0.15, -0.1) is 0 Å². The molecule has 112 valence electrons. The molecule has 1 fully saturated rings. The number of rotatable bonds is 6. The summed E-state index contributed by atoms with van der Waals surface area (Å²) >= 11 is 0. The summed E-state index contributed by atoms with van der Waals surface area (Å²) in [4.78, 5) is 4.11. The van der Waals surface area contributed by atoms with Crippen LogP contribution in [0.15, 0.2) is 4.99 Å². The molecule has 7 heteroatoms. The Hall–Kier alpha value is -0.820. The molecule has 6 nitrogen and oxygen atoms in total. The van der Waals surface area contributed by atoms with Gasteiger partial charge >= 0.3 is 0 Å². The van der Waals surface area contributed by atoms with Gasteiger partial charge < -0.3 is 10.6 Å². The maximum atomic E-state index is 11.6. The number of sulfonamides is 1. The van der Waals surface area contributed by atoms with E-state index in [2.05, 4.69) is 20.3 Å². The minimum absolute atomic E-state index is 0.0521. The molecule has 0 bridgehead atoms. The van der Waals surface area contributed by atoms with Crippen molar-refractivity contribution >= 4 is 16.0 Å². The molecule has 1 aliphatic carbocycles. The van der Waals surface area contributed by atoms with Crippen molar-refractivity contribution in [3.63, 3.8) is 0 Å². The molecule has 0 saturated heterocycles. The number of guanidine groups is 1. The quantitative estimate of drug-likeness (QED) is 0.489. The van der Waals surface area contributed by atoms with Gasteiger partial charge in [-0.2, -0.15) is 0 Å². The fourth-order valence-corrected chi connectivity index (χ4v) is 3.39. The third-order valence-corrected chi connectivity index (χ3v) is 4.57. The maximum Gasteiger partial charge on any atom is 0.213 e. The molecular weight excluding hydrogens is 264 g/mol. The summed E-state index contributed by atoms with van der Waals surface area (Å²) < 4.78 is 25.8. The van der Waals surface area contributed by atoms with Crippen LogP contribution in [0.5, 0.6) is 0 Å². The molecule has 0 heterocycles. The van der Waals surface area contributed by atoms with Crippen LogP contribution in [0.4, 0.5) is 0 Å². The Morgan fingerprint density at radius 2 is 1.95 bits per heavy atom. The topological polar surface area (TPSA) is 82.6 Å². The molecule has 0 radical (unpaired) electrons. The molecule has 19 heavy (non-hydrogen) atoms. The van der Waals surface area contributed by atoms with Gasteiger partial charge in [0.2, 0.25) is 10.0 Å². The van der Waals surface area contributed by atoms with Crippen molar-refractivity contribution in [2.45, 2.75) is 51.6 Å². The second kappa shape index (κ2) is 7.69. The number of hydrogen-bond acceptors (Lipinski definition) is 3. The minimum atomic E-state index is -3.21. The number of hydrogen-bond donors (Lipinski definition) is 3. The smallest absolute Gasteiger partial charge is 0.213 e. The first kappa shape index (κ1) is 16.2. The van der Waals surface area contributed by atoms with Crippen LogP contribution in [-0.4, -0.2) is 45.8 Å². The van der Waals surface area contributed by atoms with Crippen molar-refractivity contribution < 1.29 is 8.42 Å². The van der Waals surface area contributed by atoms with Gasteiger partial charge in [-0.3, -0.25) is 4.99 Å². The average Bonchev–Trinajstić information content (AvgIpc) is 2.78. The highest BCUT2D eigenvalue weighted by Crippen LogP contribution is 2.17. The Labute approximate surface area is 116 Å². The molecule has 1 rings (SSSR count). The van der Waals surface area contributed by atoms with E-state index in [4.69, 9.17) is 0 Å². The maximum absolute atomic E-state index is 11.6. The molecule has 1 aliphatic rings. The first-order valence-corrected chi connectivity index (χ1v) is 8.55. The van der Waals surface area contributed by atoms with Crippen molar-refractivity contribution in [1.82, 2.24) is 15.4 Å². The van der Waals surface area contributed by atoms with E-state index in [0.29, 0.717) is 18.5 Å². The summed E-state index contributed by atoms with van der Waals surface area (Å²) in [7, 11) is -1.51. The number of nitrogens with one attached hydrogen (secondary N) is 3. The number of nitrogens with zero attached hydrogens (tertiary/aromatic N) is 1. The van der Waals surface area contributed by atoms with Gasteiger partial charge in [-0.1, -0.05) is 12.8 Å². The van der Waals surface area contributed by atoms with E-state index < -0.39 is 10.0 Å². The summed E-state index contributed by atoms with van der Waals surface area (Å²) in [6.07, 6.45) is 4.82. The molecular formula is C12H26N4O2S. The molecule has 3 N–H and O–H groups in total. The minimum Gasteiger partial charge on any atom is -0.355 e. The van der Waals surface area contributed by atoms with Crippen LogP contribution in [0, 0.1) is 0 Å². The highest BCUT2D eigenvalue weighted by molar-refractivity contribution is 7.89. The van der Waals surface area contributed by atoms with Crippen LogP contribution in [0.3, 0.4) is 0 Å². The van der Waals surface area contributed by atoms with E-state index >= 15 is 0 Å². The van der Waals surface area contributed by atoms with E-state index in [-0.39, 0.29) is 11.8 Å². The Bertz CT molecular complexity index is 387. The molecule has 0 aliphatic heterocycles. The van der Waals surface area contributed by atoms with Crippen LogP contribution in [0.25, 0.3) is 0 Å². The summed E-state index contributed by atoms with van der Waals surface area (Å²) in [5, 5.41) is 6.36. The van der Waals surface area contributed by atoms with Crippen molar-refractivity contribution in [2.75, 3.05) is 19.3 Å². The monoisotopic (exact) mass is 290 g/mol. The molecule has 0 unspecified atom stereocenters. The van der Waals surface area contributed by atoms with Gasteiger partial charge in [0.15, 0.2) is 5.96 Å². The number of aliphatic imine (C=N–C) groups is 1. The molecule has 0 aromatic heterocycles. The Morgan fingerprint density at radius 1 is 1.32 bits per heavy atom. The van der Waals surface area contributed by atoms with Gasteiger partial charge in [0.25, 0.3) is 0 Å². The Kier molecular flexibility index (Phi) is 6.57. The van der Waals surface area contributed by atoms with Crippen LogP contribution in [-0.2, 0) is 10.0 Å². The van der Waals surface area contributed by atoms with E-state index in [9.17, 15) is 8.42 Å². The average molecular weight is 290 g/mol. The lowest BCUT2D eigenvalue weighted by Gasteiger charge is -2.17. The molecule has 0 atom stereocenters. The summed E-state index contributed by atoms with van der Waals surface area (Å²) in [5.74, 6) is 0.739. The van der Waals surface area contributed by atoms with Gasteiger partial charge in [0.1, 0.15) is 0 Å². The first-order valence-electron chi connectivity index (χ1n) is 6.90. The Morgan fingerprint density at radius 3 is 2.47 bits per heavy atom. The fraction of sp³-hybridized carbons (Fsp3) is 0.917. The van der Waals surface area contributed by atoms with Crippen molar-refractivity contribution in [1.29, 1.82) is 0 Å². The second-order valence-corrected chi connectivity index (χ2v) is 7.09. The highest BCUT2D eigenvalue weighted by atomic mass is 32.2. The normalized spacial score (nSPS) is 18.0. The summed E-state index contributed by atoms with van der Waals surface area (Å²) in [5.41, 5.74) is 0. The lowest BCUT2D eigenvalue weighted by atomic mass is 10.2. The first-order chi connectivity index (χ1) is 8.93. The van der Waals surface area contributed by atoms with Gasteiger partial charge in [0, 0.05) is 25.7 Å². The van der Waals surface area contributed by atoms with E-state index in [0.717, 1.165) is 12.8 Å². The standard InChI is InChI=1S/C12H26N4O2S/c1-10(2)16-19(17,18)9-8-14-12(13-3)15-11-6-4-5-7-11/h10-11,16H,4-9H2,1-3H3,(H2,13,14,15).